The van der Waals surface area contributed by atoms with Gasteiger partial charge in [0.1, 0.15) is 0 Å². The van der Waals surface area contributed by atoms with E-state index in [4.69, 9.17) is 4.74 Å². The number of carbonyl (C=O) groups is 2. The normalized spacial score (nSPS) is 26.3. The van der Waals surface area contributed by atoms with E-state index in [-0.39, 0.29) is 11.3 Å². The van der Waals surface area contributed by atoms with E-state index in [1.807, 2.05) is 4.90 Å². The molecule has 27 heavy (non-hydrogen) atoms. The third-order valence-corrected chi connectivity index (χ3v) is 7.49. The Bertz CT molecular complexity index is 661. The summed E-state index contributed by atoms with van der Waals surface area (Å²) < 4.78 is 5.40. The molecule has 1 saturated carbocycles. The molecule has 2 aliphatic heterocycles. The van der Waals surface area contributed by atoms with Gasteiger partial charge in [-0.3, -0.25) is 9.59 Å². The van der Waals surface area contributed by atoms with Crippen molar-refractivity contribution in [1.82, 2.24) is 9.80 Å². The molecule has 3 fully saturated rings. The Labute approximate surface area is 165 Å². The van der Waals surface area contributed by atoms with Crippen molar-refractivity contribution in [3.8, 4) is 0 Å². The maximum atomic E-state index is 12.5. The highest BCUT2D eigenvalue weighted by atomic mass is 32.1. The number of nitrogens with zero attached hydrogens (tertiary/aromatic N) is 2. The second-order valence-electron chi connectivity index (χ2n) is 8.51. The lowest BCUT2D eigenvalue weighted by Gasteiger charge is -2.35. The van der Waals surface area contributed by atoms with Gasteiger partial charge in [-0.05, 0) is 65.8 Å². The van der Waals surface area contributed by atoms with Crippen molar-refractivity contribution in [3.05, 3.63) is 22.4 Å². The Balaban J connectivity index is 1.27. The molecular weight excluding hydrogens is 360 g/mol. The minimum absolute atomic E-state index is 0.167. The summed E-state index contributed by atoms with van der Waals surface area (Å²) in [4.78, 5) is 28.9. The molecule has 0 radical (unpaired) electrons. The van der Waals surface area contributed by atoms with Gasteiger partial charge in [0.2, 0.25) is 11.8 Å². The number of rotatable bonds is 6. The number of hydrogen-bond acceptors (Lipinski definition) is 4. The topological polar surface area (TPSA) is 49.9 Å². The van der Waals surface area contributed by atoms with Gasteiger partial charge >= 0.3 is 0 Å². The molecule has 3 aliphatic rings. The number of piperidine rings is 1. The van der Waals surface area contributed by atoms with E-state index < -0.39 is 0 Å². The lowest BCUT2D eigenvalue weighted by Crippen LogP contribution is -2.42. The summed E-state index contributed by atoms with van der Waals surface area (Å²) >= 11 is 1.68. The van der Waals surface area contributed by atoms with Gasteiger partial charge in [0.05, 0.1) is 0 Å². The van der Waals surface area contributed by atoms with E-state index >= 15 is 0 Å². The summed E-state index contributed by atoms with van der Waals surface area (Å²) in [5.41, 5.74) is 1.47. The van der Waals surface area contributed by atoms with Crippen LogP contribution in [0.5, 0.6) is 0 Å². The average molecular weight is 391 g/mol. The van der Waals surface area contributed by atoms with E-state index in [9.17, 15) is 9.59 Å². The van der Waals surface area contributed by atoms with Crippen molar-refractivity contribution >= 4 is 23.2 Å². The lowest BCUT2D eigenvalue weighted by atomic mass is 9.91. The van der Waals surface area contributed by atoms with Crippen LogP contribution in [0.3, 0.4) is 0 Å². The van der Waals surface area contributed by atoms with E-state index in [1.54, 1.807) is 18.3 Å². The van der Waals surface area contributed by atoms with E-state index in [0.717, 1.165) is 65.0 Å². The van der Waals surface area contributed by atoms with E-state index in [0.29, 0.717) is 24.3 Å². The maximum Gasteiger partial charge on any atom is 0.222 e. The van der Waals surface area contributed by atoms with Gasteiger partial charge in [-0.25, -0.2) is 0 Å². The first-order valence-corrected chi connectivity index (χ1v) is 11.2. The van der Waals surface area contributed by atoms with Gasteiger partial charge in [0.15, 0.2) is 0 Å². The second kappa shape index (κ2) is 7.92. The SMILES string of the molecule is CC(=O)N(Cc1ccsc1)C1CC12CCN(C(=O)CCC1CCOC1)CC2. The van der Waals surface area contributed by atoms with E-state index in [2.05, 4.69) is 21.7 Å². The molecule has 3 heterocycles. The first kappa shape index (κ1) is 18.9. The van der Waals surface area contributed by atoms with Crippen LogP contribution < -0.4 is 0 Å². The molecular formula is C21H30N2O3S. The summed E-state index contributed by atoms with van der Waals surface area (Å²) in [5.74, 6) is 1.04. The van der Waals surface area contributed by atoms with Crippen LogP contribution in [0.25, 0.3) is 0 Å². The lowest BCUT2D eigenvalue weighted by molar-refractivity contribution is -0.134. The summed E-state index contributed by atoms with van der Waals surface area (Å²) in [6.45, 7) is 5.77. The van der Waals surface area contributed by atoms with Crippen molar-refractivity contribution in [2.24, 2.45) is 11.3 Å². The van der Waals surface area contributed by atoms with Gasteiger partial charge in [-0.15, -0.1) is 0 Å². The predicted octanol–water partition coefficient (Wildman–Crippen LogP) is 3.29. The Morgan fingerprint density at radius 3 is 2.81 bits per heavy atom. The summed E-state index contributed by atoms with van der Waals surface area (Å²) in [6, 6.07) is 2.45. The number of thiophene rings is 1. The molecule has 0 aromatic carbocycles. The van der Waals surface area contributed by atoms with Crippen molar-refractivity contribution in [2.45, 2.75) is 58.0 Å². The monoisotopic (exact) mass is 390 g/mol. The van der Waals surface area contributed by atoms with Crippen LogP contribution in [-0.4, -0.2) is 54.0 Å². The number of hydrogen-bond donors (Lipinski definition) is 0. The number of amides is 2. The molecule has 1 aliphatic carbocycles. The zero-order chi connectivity index (χ0) is 18.9. The van der Waals surface area contributed by atoms with Crippen LogP contribution in [0.1, 0.15) is 51.0 Å². The second-order valence-corrected chi connectivity index (χ2v) is 9.29. The minimum atomic E-state index is 0.167. The quantitative estimate of drug-likeness (QED) is 0.749. The molecule has 6 heteroatoms. The third-order valence-electron chi connectivity index (χ3n) is 6.76. The molecule has 4 rings (SSSR count). The molecule has 5 nitrogen and oxygen atoms in total. The zero-order valence-electron chi connectivity index (χ0n) is 16.2. The Morgan fingerprint density at radius 1 is 1.37 bits per heavy atom. The van der Waals surface area contributed by atoms with Crippen molar-refractivity contribution in [3.63, 3.8) is 0 Å². The first-order chi connectivity index (χ1) is 13.1. The van der Waals surface area contributed by atoms with Crippen molar-refractivity contribution in [1.29, 1.82) is 0 Å². The molecule has 2 amide bonds. The molecule has 0 bridgehead atoms. The van der Waals surface area contributed by atoms with Crippen LogP contribution >= 0.6 is 11.3 Å². The smallest absolute Gasteiger partial charge is 0.222 e. The maximum absolute atomic E-state index is 12.5. The molecule has 2 saturated heterocycles. The number of carbonyl (C=O) groups excluding carboxylic acids is 2. The molecule has 1 aromatic rings. The van der Waals surface area contributed by atoms with Gasteiger partial charge in [-0.2, -0.15) is 11.3 Å². The van der Waals surface area contributed by atoms with Gasteiger partial charge in [-0.1, -0.05) is 0 Å². The standard InChI is InChI=1S/C21H30N2O3S/c1-16(24)23(13-18-5-11-27-15-18)19-12-21(19)6-8-22(9-7-21)20(25)3-2-17-4-10-26-14-17/h5,11,15,17,19H,2-4,6-10,12-14H2,1H3. The highest BCUT2D eigenvalue weighted by Crippen LogP contribution is 2.57. The Kier molecular flexibility index (Phi) is 5.55. The van der Waals surface area contributed by atoms with Crippen LogP contribution in [-0.2, 0) is 20.9 Å². The van der Waals surface area contributed by atoms with Crippen molar-refractivity contribution < 1.29 is 14.3 Å². The molecule has 148 valence electrons. The Morgan fingerprint density at radius 2 is 2.19 bits per heavy atom. The minimum Gasteiger partial charge on any atom is -0.381 e. The number of likely N-dealkylation sites (tertiary alicyclic amines) is 1. The highest BCUT2D eigenvalue weighted by molar-refractivity contribution is 7.07. The van der Waals surface area contributed by atoms with Gasteiger partial charge < -0.3 is 14.5 Å². The predicted molar refractivity (Wildman–Crippen MR) is 105 cm³/mol. The molecule has 2 atom stereocenters. The Hall–Kier alpha value is -1.40. The van der Waals surface area contributed by atoms with Gasteiger partial charge in [0.25, 0.3) is 0 Å². The fourth-order valence-corrected chi connectivity index (χ4v) is 5.48. The summed E-state index contributed by atoms with van der Waals surface area (Å²) in [6.07, 6.45) is 5.87. The van der Waals surface area contributed by atoms with Crippen LogP contribution in [0.4, 0.5) is 0 Å². The molecule has 1 aromatic heterocycles. The average Bonchev–Trinajstić information content (AvgIpc) is 3.08. The summed E-state index contributed by atoms with van der Waals surface area (Å²) in [7, 11) is 0. The van der Waals surface area contributed by atoms with Crippen LogP contribution in [0.15, 0.2) is 16.8 Å². The van der Waals surface area contributed by atoms with Gasteiger partial charge in [0, 0.05) is 52.2 Å². The molecule has 2 unspecified atom stereocenters. The fraction of sp³-hybridized carbons (Fsp3) is 0.714. The third kappa shape index (κ3) is 4.21. The van der Waals surface area contributed by atoms with Crippen LogP contribution in [0, 0.1) is 11.3 Å². The molecule has 1 spiro atoms. The zero-order valence-corrected chi connectivity index (χ0v) is 17.0. The summed E-state index contributed by atoms with van der Waals surface area (Å²) in [5, 5.41) is 4.19. The highest BCUT2D eigenvalue weighted by Gasteiger charge is 2.58. The fourth-order valence-electron chi connectivity index (χ4n) is 4.82. The first-order valence-electron chi connectivity index (χ1n) is 10.2. The van der Waals surface area contributed by atoms with Crippen molar-refractivity contribution in [2.75, 3.05) is 26.3 Å². The molecule has 0 N–H and O–H groups in total. The van der Waals surface area contributed by atoms with E-state index in [1.165, 1.54) is 5.56 Å². The van der Waals surface area contributed by atoms with Crippen LogP contribution in [0.2, 0.25) is 0 Å². The number of ether oxygens (including phenoxy) is 1. The largest absolute Gasteiger partial charge is 0.381 e.